The van der Waals surface area contributed by atoms with Gasteiger partial charge in [-0.25, -0.2) is 0 Å². The van der Waals surface area contributed by atoms with Crippen LogP contribution in [-0.4, -0.2) is 38.6 Å². The Morgan fingerprint density at radius 2 is 1.53 bits per heavy atom. The molecule has 0 aliphatic heterocycles. The van der Waals surface area contributed by atoms with Gasteiger partial charge in [-0.2, -0.15) is 0 Å². The minimum absolute atomic E-state index is 0.510. The number of rotatable bonds is 13. The van der Waals surface area contributed by atoms with Crippen molar-refractivity contribution >= 4 is 0 Å². The summed E-state index contributed by atoms with van der Waals surface area (Å²) in [7, 11) is 4.28. The lowest BCUT2D eigenvalue weighted by Gasteiger charge is -2.30. The summed E-state index contributed by atoms with van der Waals surface area (Å²) in [6.07, 6.45) is 11.0. The summed E-state index contributed by atoms with van der Waals surface area (Å²) < 4.78 is 0. The van der Waals surface area contributed by atoms with Gasteiger partial charge in [0.25, 0.3) is 0 Å². The van der Waals surface area contributed by atoms with E-state index in [1.165, 1.54) is 57.9 Å². The Morgan fingerprint density at radius 3 is 2.11 bits per heavy atom. The summed E-state index contributed by atoms with van der Waals surface area (Å²) in [5.41, 5.74) is 0.510. The molecule has 0 amide bonds. The zero-order valence-corrected chi connectivity index (χ0v) is 14.2. The van der Waals surface area contributed by atoms with Gasteiger partial charge >= 0.3 is 0 Å². The zero-order valence-electron chi connectivity index (χ0n) is 14.2. The summed E-state index contributed by atoms with van der Waals surface area (Å²) in [5.74, 6) is 0. The third-order valence-corrected chi connectivity index (χ3v) is 4.06. The second-order valence-corrected chi connectivity index (χ2v) is 6.70. The molecule has 1 unspecified atom stereocenters. The molecule has 0 saturated heterocycles. The van der Waals surface area contributed by atoms with Crippen LogP contribution < -0.4 is 5.32 Å². The summed E-state index contributed by atoms with van der Waals surface area (Å²) in [6, 6.07) is 0. The summed E-state index contributed by atoms with van der Waals surface area (Å²) in [5, 5.41) is 3.67. The van der Waals surface area contributed by atoms with Gasteiger partial charge in [0.1, 0.15) is 0 Å². The second-order valence-electron chi connectivity index (χ2n) is 6.70. The van der Waals surface area contributed by atoms with Crippen molar-refractivity contribution in [2.75, 3.05) is 33.7 Å². The molecule has 0 aromatic carbocycles. The SMILES string of the molecule is CCCCCCC(C)(CCCC)CNCCN(C)C. The maximum atomic E-state index is 3.67. The Hall–Kier alpha value is -0.0800. The molecule has 0 aliphatic rings. The first kappa shape index (κ1) is 18.9. The van der Waals surface area contributed by atoms with Gasteiger partial charge in [0.05, 0.1) is 0 Å². The van der Waals surface area contributed by atoms with E-state index in [4.69, 9.17) is 0 Å². The number of nitrogens with one attached hydrogen (secondary N) is 1. The Morgan fingerprint density at radius 1 is 0.895 bits per heavy atom. The average Bonchev–Trinajstić information content (AvgIpc) is 2.38. The smallest absolute Gasteiger partial charge is 0.0101 e. The molecule has 0 rings (SSSR count). The van der Waals surface area contributed by atoms with Crippen molar-refractivity contribution in [3.8, 4) is 0 Å². The van der Waals surface area contributed by atoms with Gasteiger partial charge in [0.15, 0.2) is 0 Å². The number of unbranched alkanes of at least 4 members (excludes halogenated alkanes) is 4. The van der Waals surface area contributed by atoms with Crippen molar-refractivity contribution in [2.24, 2.45) is 5.41 Å². The maximum Gasteiger partial charge on any atom is 0.0101 e. The molecule has 0 heterocycles. The molecule has 0 aromatic heterocycles. The fourth-order valence-electron chi connectivity index (χ4n) is 2.58. The predicted molar refractivity (Wildman–Crippen MR) is 87.8 cm³/mol. The Bertz CT molecular complexity index is 192. The predicted octanol–water partition coefficient (Wildman–Crippen LogP) is 4.30. The lowest BCUT2D eigenvalue weighted by atomic mass is 9.80. The van der Waals surface area contributed by atoms with Crippen LogP contribution in [0.3, 0.4) is 0 Å². The van der Waals surface area contributed by atoms with Gasteiger partial charge in [-0.15, -0.1) is 0 Å². The van der Waals surface area contributed by atoms with Crippen LogP contribution in [0.1, 0.15) is 72.1 Å². The van der Waals surface area contributed by atoms with E-state index in [9.17, 15) is 0 Å². The molecule has 0 bridgehead atoms. The van der Waals surface area contributed by atoms with Crippen LogP contribution in [0.25, 0.3) is 0 Å². The van der Waals surface area contributed by atoms with Crippen LogP contribution in [-0.2, 0) is 0 Å². The van der Waals surface area contributed by atoms with Crippen molar-refractivity contribution in [3.05, 3.63) is 0 Å². The van der Waals surface area contributed by atoms with Crippen molar-refractivity contribution in [1.29, 1.82) is 0 Å². The third-order valence-electron chi connectivity index (χ3n) is 4.06. The maximum absolute atomic E-state index is 3.67. The van der Waals surface area contributed by atoms with E-state index >= 15 is 0 Å². The van der Waals surface area contributed by atoms with Gasteiger partial charge in [-0.05, 0) is 32.4 Å². The number of hydrogen-bond donors (Lipinski definition) is 1. The van der Waals surface area contributed by atoms with Gasteiger partial charge in [-0.1, -0.05) is 59.3 Å². The van der Waals surface area contributed by atoms with Crippen molar-refractivity contribution in [1.82, 2.24) is 10.2 Å². The number of nitrogens with zero attached hydrogens (tertiary/aromatic N) is 1. The lowest BCUT2D eigenvalue weighted by molar-refractivity contribution is 0.238. The minimum Gasteiger partial charge on any atom is -0.315 e. The van der Waals surface area contributed by atoms with Gasteiger partial charge in [0, 0.05) is 19.6 Å². The first-order valence-corrected chi connectivity index (χ1v) is 8.39. The van der Waals surface area contributed by atoms with E-state index in [0.717, 1.165) is 13.1 Å². The first-order valence-electron chi connectivity index (χ1n) is 8.39. The molecular formula is C17H38N2. The molecule has 2 heteroatoms. The lowest BCUT2D eigenvalue weighted by Crippen LogP contribution is -2.35. The van der Waals surface area contributed by atoms with Crippen LogP contribution in [0.5, 0.6) is 0 Å². The summed E-state index contributed by atoms with van der Waals surface area (Å²) >= 11 is 0. The highest BCUT2D eigenvalue weighted by Crippen LogP contribution is 2.30. The average molecular weight is 271 g/mol. The molecule has 116 valence electrons. The molecule has 0 aliphatic carbocycles. The number of hydrogen-bond acceptors (Lipinski definition) is 2. The molecule has 0 fully saturated rings. The molecular weight excluding hydrogens is 232 g/mol. The zero-order chi connectivity index (χ0) is 14.6. The third kappa shape index (κ3) is 11.4. The molecule has 1 N–H and O–H groups in total. The molecule has 0 spiro atoms. The molecule has 0 saturated carbocycles. The second kappa shape index (κ2) is 11.7. The molecule has 2 nitrogen and oxygen atoms in total. The monoisotopic (exact) mass is 270 g/mol. The van der Waals surface area contributed by atoms with E-state index in [0.29, 0.717) is 5.41 Å². The van der Waals surface area contributed by atoms with E-state index in [1.54, 1.807) is 0 Å². The van der Waals surface area contributed by atoms with Crippen LogP contribution in [0, 0.1) is 5.41 Å². The molecule has 19 heavy (non-hydrogen) atoms. The van der Waals surface area contributed by atoms with E-state index in [-0.39, 0.29) is 0 Å². The van der Waals surface area contributed by atoms with E-state index in [2.05, 4.69) is 45.1 Å². The molecule has 0 radical (unpaired) electrons. The highest BCUT2D eigenvalue weighted by Gasteiger charge is 2.22. The fraction of sp³-hybridized carbons (Fsp3) is 1.00. The Kier molecular flexibility index (Phi) is 11.7. The molecule has 0 aromatic rings. The van der Waals surface area contributed by atoms with Crippen LogP contribution in [0.2, 0.25) is 0 Å². The standard InChI is InChI=1S/C17H38N2/c1-6-8-10-11-13-17(3,12-9-7-2)16-18-14-15-19(4)5/h18H,6-16H2,1-5H3. The fourth-order valence-corrected chi connectivity index (χ4v) is 2.58. The van der Waals surface area contributed by atoms with E-state index in [1.807, 2.05) is 0 Å². The topological polar surface area (TPSA) is 15.3 Å². The molecule has 1 atom stereocenters. The van der Waals surface area contributed by atoms with Gasteiger partial charge in [-0.3, -0.25) is 0 Å². The minimum atomic E-state index is 0.510. The van der Waals surface area contributed by atoms with E-state index < -0.39 is 0 Å². The van der Waals surface area contributed by atoms with Crippen molar-refractivity contribution in [3.63, 3.8) is 0 Å². The first-order chi connectivity index (χ1) is 9.04. The van der Waals surface area contributed by atoms with Crippen molar-refractivity contribution in [2.45, 2.75) is 72.1 Å². The van der Waals surface area contributed by atoms with Crippen LogP contribution in [0.15, 0.2) is 0 Å². The quantitative estimate of drug-likeness (QED) is 0.502. The highest BCUT2D eigenvalue weighted by atomic mass is 15.1. The number of likely N-dealkylation sites (N-methyl/N-ethyl adjacent to an activating group) is 1. The van der Waals surface area contributed by atoms with Crippen molar-refractivity contribution < 1.29 is 0 Å². The normalized spacial score (nSPS) is 14.8. The van der Waals surface area contributed by atoms with Crippen LogP contribution >= 0.6 is 0 Å². The highest BCUT2D eigenvalue weighted by molar-refractivity contribution is 4.77. The van der Waals surface area contributed by atoms with Crippen LogP contribution in [0.4, 0.5) is 0 Å². The van der Waals surface area contributed by atoms with Gasteiger partial charge in [0.2, 0.25) is 0 Å². The Labute approximate surface area is 122 Å². The largest absolute Gasteiger partial charge is 0.315 e. The summed E-state index contributed by atoms with van der Waals surface area (Å²) in [4.78, 5) is 2.25. The van der Waals surface area contributed by atoms with Gasteiger partial charge < -0.3 is 10.2 Å². The Balaban J connectivity index is 3.95. The summed E-state index contributed by atoms with van der Waals surface area (Å²) in [6.45, 7) is 10.5.